The largest absolute Gasteiger partial charge is 0.263 e. The van der Waals surface area contributed by atoms with Gasteiger partial charge in [0.25, 0.3) is 0 Å². The lowest BCUT2D eigenvalue weighted by Gasteiger charge is -2.36. The van der Waals surface area contributed by atoms with Crippen LogP contribution in [0.3, 0.4) is 0 Å². The lowest BCUT2D eigenvalue weighted by atomic mass is 9.70. The summed E-state index contributed by atoms with van der Waals surface area (Å²) in [5, 5.41) is 10.2. The standard InChI is InChI=1S/C20H23BrN6S/c1-5-20(2,3)11-6-7-12-14(8-11)28-19-15(12)18-24-17(25-27(18)10-22-19)16-13(21)9-23-26(16)4/h9-11H,5-8H2,1-4H3/t11-/m1/s1. The molecule has 146 valence electrons. The lowest BCUT2D eigenvalue weighted by Crippen LogP contribution is -2.28. The molecule has 0 saturated carbocycles. The highest BCUT2D eigenvalue weighted by atomic mass is 79.9. The van der Waals surface area contributed by atoms with Crippen LogP contribution in [0.2, 0.25) is 0 Å². The summed E-state index contributed by atoms with van der Waals surface area (Å²) < 4.78 is 4.50. The van der Waals surface area contributed by atoms with E-state index < -0.39 is 0 Å². The topological polar surface area (TPSA) is 60.9 Å². The second-order valence-corrected chi connectivity index (χ2v) is 10.3. The number of hydrogen-bond acceptors (Lipinski definition) is 5. The predicted molar refractivity (Wildman–Crippen MR) is 116 cm³/mol. The van der Waals surface area contributed by atoms with Gasteiger partial charge in [-0.3, -0.25) is 4.68 Å². The van der Waals surface area contributed by atoms with Gasteiger partial charge in [-0.2, -0.15) is 5.10 Å². The monoisotopic (exact) mass is 458 g/mol. The Morgan fingerprint density at radius 2 is 2.18 bits per heavy atom. The number of halogens is 1. The van der Waals surface area contributed by atoms with Crippen molar-refractivity contribution in [2.24, 2.45) is 18.4 Å². The first-order valence-corrected chi connectivity index (χ1v) is 11.3. The van der Waals surface area contributed by atoms with Crippen LogP contribution in [0.5, 0.6) is 0 Å². The van der Waals surface area contributed by atoms with Crippen molar-refractivity contribution >= 4 is 43.1 Å². The molecule has 0 amide bonds. The lowest BCUT2D eigenvalue weighted by molar-refractivity contribution is 0.184. The number of fused-ring (bicyclic) bond motifs is 5. The van der Waals surface area contributed by atoms with Crippen molar-refractivity contribution < 1.29 is 0 Å². The van der Waals surface area contributed by atoms with E-state index in [2.05, 4.69) is 46.9 Å². The first-order valence-electron chi connectivity index (χ1n) is 9.72. The molecular weight excluding hydrogens is 436 g/mol. The third-order valence-corrected chi connectivity index (χ3v) is 8.25. The van der Waals surface area contributed by atoms with E-state index >= 15 is 0 Å². The molecule has 0 unspecified atom stereocenters. The zero-order valence-electron chi connectivity index (χ0n) is 16.5. The van der Waals surface area contributed by atoms with E-state index in [0.29, 0.717) is 11.2 Å². The van der Waals surface area contributed by atoms with Gasteiger partial charge in [-0.15, -0.1) is 16.4 Å². The Morgan fingerprint density at radius 1 is 1.36 bits per heavy atom. The minimum absolute atomic E-state index is 0.379. The highest BCUT2D eigenvalue weighted by Gasteiger charge is 2.33. The molecule has 0 N–H and O–H groups in total. The van der Waals surface area contributed by atoms with Crippen LogP contribution in [0.25, 0.3) is 27.4 Å². The maximum Gasteiger partial charge on any atom is 0.201 e. The number of rotatable bonds is 3. The van der Waals surface area contributed by atoms with Gasteiger partial charge in [0, 0.05) is 11.9 Å². The Labute approximate surface area is 176 Å². The SMILES string of the molecule is CCC(C)(C)[C@@H]1CCc2c(sc3ncn4nc(-c5c(Br)cnn5C)nc4c23)C1. The summed E-state index contributed by atoms with van der Waals surface area (Å²) in [4.78, 5) is 12.2. The van der Waals surface area contributed by atoms with Gasteiger partial charge < -0.3 is 0 Å². The van der Waals surface area contributed by atoms with Crippen molar-refractivity contribution in [3.63, 3.8) is 0 Å². The fourth-order valence-electron chi connectivity index (χ4n) is 4.29. The first kappa shape index (κ1) is 18.2. The number of aryl methyl sites for hydroxylation is 2. The summed E-state index contributed by atoms with van der Waals surface area (Å²) in [6, 6.07) is 0. The summed E-state index contributed by atoms with van der Waals surface area (Å²) >= 11 is 5.40. The summed E-state index contributed by atoms with van der Waals surface area (Å²) in [7, 11) is 1.90. The molecule has 0 fully saturated rings. The molecule has 6 nitrogen and oxygen atoms in total. The molecule has 0 aromatic carbocycles. The maximum atomic E-state index is 4.90. The third-order valence-electron chi connectivity index (χ3n) is 6.51. The molecule has 0 saturated heterocycles. The van der Waals surface area contributed by atoms with Crippen LogP contribution < -0.4 is 0 Å². The molecule has 1 atom stereocenters. The van der Waals surface area contributed by atoms with E-state index in [1.807, 2.05) is 22.9 Å². The van der Waals surface area contributed by atoms with Crippen molar-refractivity contribution in [3.8, 4) is 11.5 Å². The zero-order chi connectivity index (χ0) is 19.6. The van der Waals surface area contributed by atoms with Crippen LogP contribution in [-0.2, 0) is 19.9 Å². The van der Waals surface area contributed by atoms with Gasteiger partial charge in [0.1, 0.15) is 16.9 Å². The van der Waals surface area contributed by atoms with Crippen LogP contribution in [0, 0.1) is 11.3 Å². The molecule has 0 bridgehead atoms. The second-order valence-electron chi connectivity index (χ2n) is 8.38. The van der Waals surface area contributed by atoms with Gasteiger partial charge in [0.05, 0.1) is 16.1 Å². The fraction of sp³-hybridized carbons (Fsp3) is 0.500. The molecule has 4 aromatic rings. The van der Waals surface area contributed by atoms with Gasteiger partial charge in [0.2, 0.25) is 5.82 Å². The average molecular weight is 459 g/mol. The van der Waals surface area contributed by atoms with Crippen LogP contribution in [0.15, 0.2) is 17.0 Å². The minimum atomic E-state index is 0.379. The summed E-state index contributed by atoms with van der Waals surface area (Å²) in [5.41, 5.74) is 3.60. The van der Waals surface area contributed by atoms with Crippen molar-refractivity contribution in [2.45, 2.75) is 46.5 Å². The van der Waals surface area contributed by atoms with Crippen molar-refractivity contribution in [2.75, 3.05) is 0 Å². The summed E-state index contributed by atoms with van der Waals surface area (Å²) in [6.07, 6.45) is 8.26. The van der Waals surface area contributed by atoms with Crippen LogP contribution in [0.4, 0.5) is 0 Å². The fourth-order valence-corrected chi connectivity index (χ4v) is 6.08. The number of thiophene rings is 1. The quantitative estimate of drug-likeness (QED) is 0.431. The predicted octanol–water partition coefficient (Wildman–Crippen LogP) is 5.04. The van der Waals surface area contributed by atoms with E-state index in [9.17, 15) is 0 Å². The Morgan fingerprint density at radius 3 is 2.89 bits per heavy atom. The average Bonchev–Trinajstić information content (AvgIpc) is 3.34. The van der Waals surface area contributed by atoms with E-state index in [1.165, 1.54) is 28.7 Å². The Bertz CT molecular complexity index is 1180. The van der Waals surface area contributed by atoms with Crippen molar-refractivity contribution in [1.29, 1.82) is 0 Å². The molecule has 28 heavy (non-hydrogen) atoms. The van der Waals surface area contributed by atoms with Gasteiger partial charge in [-0.25, -0.2) is 14.5 Å². The van der Waals surface area contributed by atoms with E-state index in [-0.39, 0.29) is 0 Å². The normalized spacial score (nSPS) is 17.5. The van der Waals surface area contributed by atoms with Gasteiger partial charge in [-0.05, 0) is 52.1 Å². The van der Waals surface area contributed by atoms with Crippen LogP contribution >= 0.6 is 27.3 Å². The summed E-state index contributed by atoms with van der Waals surface area (Å²) in [6.45, 7) is 7.12. The molecule has 5 rings (SSSR count). The van der Waals surface area contributed by atoms with E-state index in [0.717, 1.165) is 39.4 Å². The van der Waals surface area contributed by atoms with E-state index in [4.69, 9.17) is 9.97 Å². The summed E-state index contributed by atoms with van der Waals surface area (Å²) in [5.74, 6) is 1.40. The zero-order valence-corrected chi connectivity index (χ0v) is 18.9. The van der Waals surface area contributed by atoms with Gasteiger partial charge >= 0.3 is 0 Å². The molecule has 0 radical (unpaired) electrons. The highest BCUT2D eigenvalue weighted by Crippen LogP contribution is 2.45. The molecule has 4 aromatic heterocycles. The molecule has 1 aliphatic rings. The third kappa shape index (κ3) is 2.64. The maximum absolute atomic E-state index is 4.90. The van der Waals surface area contributed by atoms with Crippen LogP contribution in [-0.4, -0.2) is 29.4 Å². The number of aromatic nitrogens is 6. The molecular formula is C20H23BrN6S. The first-order chi connectivity index (χ1) is 13.4. The van der Waals surface area contributed by atoms with Crippen molar-refractivity contribution in [3.05, 3.63) is 27.4 Å². The molecule has 1 aliphatic carbocycles. The molecule has 0 spiro atoms. The smallest absolute Gasteiger partial charge is 0.201 e. The van der Waals surface area contributed by atoms with Crippen molar-refractivity contribution in [1.82, 2.24) is 29.4 Å². The Hall–Kier alpha value is -1.80. The molecule has 8 heteroatoms. The number of nitrogens with zero attached hydrogens (tertiary/aromatic N) is 6. The minimum Gasteiger partial charge on any atom is -0.263 e. The highest BCUT2D eigenvalue weighted by molar-refractivity contribution is 9.10. The number of hydrogen-bond donors (Lipinski definition) is 0. The molecule has 4 heterocycles. The van der Waals surface area contributed by atoms with Gasteiger partial charge in [-0.1, -0.05) is 27.2 Å². The Balaban J connectivity index is 1.66. The van der Waals surface area contributed by atoms with E-state index in [1.54, 1.807) is 17.2 Å². The Kier molecular flexibility index (Phi) is 4.14. The molecule has 0 aliphatic heterocycles. The van der Waals surface area contributed by atoms with Crippen LogP contribution in [0.1, 0.15) is 44.1 Å². The second kappa shape index (κ2) is 6.35. The van der Waals surface area contributed by atoms with Gasteiger partial charge in [0.15, 0.2) is 5.65 Å².